The number of Topliss-reactive ketones (excluding diaryl/α,β-unsaturated/α-hetero) is 1. The highest BCUT2D eigenvalue weighted by molar-refractivity contribution is 6.46. The van der Waals surface area contributed by atoms with Crippen molar-refractivity contribution in [3.05, 3.63) is 100.0 Å². The molecule has 164 valence electrons. The van der Waals surface area contributed by atoms with Gasteiger partial charge in [-0.3, -0.25) is 9.59 Å². The third kappa shape index (κ3) is 4.08. The fourth-order valence-corrected chi connectivity index (χ4v) is 4.01. The number of aliphatic hydroxyl groups is 1. The number of carbonyl (C=O) groups excluding carboxylic acids is 2. The molecule has 1 N–H and O–H groups in total. The van der Waals surface area contributed by atoms with Crippen LogP contribution >= 0.6 is 11.6 Å². The highest BCUT2D eigenvalue weighted by Gasteiger charge is 2.46. The van der Waals surface area contributed by atoms with Crippen molar-refractivity contribution in [1.82, 2.24) is 4.90 Å². The molecule has 2 heterocycles. The van der Waals surface area contributed by atoms with Gasteiger partial charge >= 0.3 is 0 Å². The van der Waals surface area contributed by atoms with Crippen LogP contribution in [0.4, 0.5) is 0 Å². The second-order valence-electron chi connectivity index (χ2n) is 8.89. The summed E-state index contributed by atoms with van der Waals surface area (Å²) in [6.07, 6.45) is 1.52. The van der Waals surface area contributed by atoms with Crippen LogP contribution in [0.5, 0.6) is 0 Å². The van der Waals surface area contributed by atoms with Gasteiger partial charge in [-0.15, -0.1) is 0 Å². The lowest BCUT2D eigenvalue weighted by atomic mass is 9.85. The Labute approximate surface area is 191 Å². The van der Waals surface area contributed by atoms with Crippen LogP contribution in [0.15, 0.2) is 76.9 Å². The summed E-state index contributed by atoms with van der Waals surface area (Å²) in [6, 6.07) is 17.0. The maximum Gasteiger partial charge on any atom is 0.296 e. The Balaban J connectivity index is 1.85. The summed E-state index contributed by atoms with van der Waals surface area (Å²) >= 11 is 5.97. The largest absolute Gasteiger partial charge is 0.507 e. The summed E-state index contributed by atoms with van der Waals surface area (Å²) in [6.45, 7) is 6.46. The molecule has 6 heteroatoms. The highest BCUT2D eigenvalue weighted by atomic mass is 35.5. The molecule has 1 amide bonds. The van der Waals surface area contributed by atoms with E-state index >= 15 is 0 Å². The van der Waals surface area contributed by atoms with Crippen molar-refractivity contribution in [2.24, 2.45) is 0 Å². The standard InChI is InChI=1S/C26H24ClNO4/c1-26(2,3)18-10-6-16(7-11-18)22-21(23(29)17-8-12-19(27)13-9-17)24(30)25(31)28(22)15-20-5-4-14-32-20/h4-14,22,29H,15H2,1-3H3/b23-21+/t22-/m0/s1. The summed E-state index contributed by atoms with van der Waals surface area (Å²) in [5, 5.41) is 11.6. The summed E-state index contributed by atoms with van der Waals surface area (Å²) < 4.78 is 5.42. The normalized spacial score (nSPS) is 18.4. The van der Waals surface area contributed by atoms with Crippen LogP contribution in [0.2, 0.25) is 5.02 Å². The van der Waals surface area contributed by atoms with Gasteiger partial charge in [0.05, 0.1) is 24.4 Å². The molecule has 1 aliphatic heterocycles. The smallest absolute Gasteiger partial charge is 0.296 e. The van der Waals surface area contributed by atoms with E-state index in [0.717, 1.165) is 11.1 Å². The van der Waals surface area contributed by atoms with Gasteiger partial charge in [-0.2, -0.15) is 0 Å². The first-order valence-electron chi connectivity index (χ1n) is 10.3. The number of halogens is 1. The first-order chi connectivity index (χ1) is 15.2. The maximum absolute atomic E-state index is 13.1. The molecule has 0 bridgehead atoms. The minimum absolute atomic E-state index is 0.0438. The Morgan fingerprint density at radius 3 is 2.25 bits per heavy atom. The number of furan rings is 1. The molecule has 1 saturated heterocycles. The highest BCUT2D eigenvalue weighted by Crippen LogP contribution is 2.41. The third-order valence-corrected chi connectivity index (χ3v) is 5.91. The number of hydrogen-bond acceptors (Lipinski definition) is 4. The van der Waals surface area contributed by atoms with Crippen LogP contribution in [0.3, 0.4) is 0 Å². The maximum atomic E-state index is 13.1. The molecular formula is C26H24ClNO4. The molecule has 0 unspecified atom stereocenters. The Morgan fingerprint density at radius 2 is 1.69 bits per heavy atom. The van der Waals surface area contributed by atoms with E-state index in [4.69, 9.17) is 16.0 Å². The predicted molar refractivity (Wildman–Crippen MR) is 123 cm³/mol. The number of carbonyl (C=O) groups is 2. The molecule has 2 aromatic carbocycles. The van der Waals surface area contributed by atoms with Gasteiger partial charge in [0, 0.05) is 10.6 Å². The van der Waals surface area contributed by atoms with Gasteiger partial charge < -0.3 is 14.4 Å². The molecule has 0 aliphatic carbocycles. The summed E-state index contributed by atoms with van der Waals surface area (Å²) in [4.78, 5) is 27.5. The number of ketones is 1. The molecule has 1 fully saturated rings. The minimum atomic E-state index is -0.746. The molecule has 0 radical (unpaired) electrons. The molecule has 0 saturated carbocycles. The van der Waals surface area contributed by atoms with Crippen LogP contribution in [0, 0.1) is 0 Å². The number of aliphatic hydroxyl groups excluding tert-OH is 1. The molecular weight excluding hydrogens is 426 g/mol. The monoisotopic (exact) mass is 449 g/mol. The van der Waals surface area contributed by atoms with Crippen LogP contribution in [-0.4, -0.2) is 21.7 Å². The molecule has 32 heavy (non-hydrogen) atoms. The first-order valence-corrected chi connectivity index (χ1v) is 10.7. The topological polar surface area (TPSA) is 70.8 Å². The first kappa shape index (κ1) is 21.9. The van der Waals surface area contributed by atoms with Gasteiger partial charge in [-0.1, -0.05) is 56.6 Å². The Bertz CT molecular complexity index is 1170. The molecule has 1 atom stereocenters. The zero-order valence-corrected chi connectivity index (χ0v) is 18.9. The average Bonchev–Trinajstić information content (AvgIpc) is 3.36. The van der Waals surface area contributed by atoms with Crippen LogP contribution in [-0.2, 0) is 21.5 Å². The lowest BCUT2D eigenvalue weighted by Crippen LogP contribution is -2.29. The molecule has 0 spiro atoms. The number of amides is 1. The Morgan fingerprint density at radius 1 is 1.03 bits per heavy atom. The lowest BCUT2D eigenvalue weighted by molar-refractivity contribution is -0.140. The van der Waals surface area contributed by atoms with Crippen molar-refractivity contribution in [2.75, 3.05) is 0 Å². The number of nitrogens with zero attached hydrogens (tertiary/aromatic N) is 1. The fraction of sp³-hybridized carbons (Fsp3) is 0.231. The van der Waals surface area contributed by atoms with Crippen molar-refractivity contribution < 1.29 is 19.1 Å². The van der Waals surface area contributed by atoms with Crippen molar-refractivity contribution in [1.29, 1.82) is 0 Å². The quantitative estimate of drug-likeness (QED) is 0.308. The zero-order valence-electron chi connectivity index (χ0n) is 18.1. The van der Waals surface area contributed by atoms with E-state index in [2.05, 4.69) is 20.8 Å². The van der Waals surface area contributed by atoms with E-state index in [-0.39, 0.29) is 23.3 Å². The summed E-state index contributed by atoms with van der Waals surface area (Å²) in [5.41, 5.74) is 2.29. The van der Waals surface area contributed by atoms with Crippen LogP contribution in [0.25, 0.3) is 5.76 Å². The van der Waals surface area contributed by atoms with E-state index in [1.54, 1.807) is 36.4 Å². The molecule has 3 aromatic rings. The second-order valence-corrected chi connectivity index (χ2v) is 9.32. The van der Waals surface area contributed by atoms with Crippen molar-refractivity contribution >= 4 is 29.1 Å². The zero-order chi connectivity index (χ0) is 23.0. The molecule has 1 aliphatic rings. The summed E-state index contributed by atoms with van der Waals surface area (Å²) in [7, 11) is 0. The van der Waals surface area contributed by atoms with Gasteiger partial charge in [0.25, 0.3) is 11.7 Å². The van der Waals surface area contributed by atoms with E-state index in [9.17, 15) is 14.7 Å². The van der Waals surface area contributed by atoms with Gasteiger partial charge in [-0.05, 0) is 52.9 Å². The number of likely N-dealkylation sites (tertiary alicyclic amines) is 1. The SMILES string of the molecule is CC(C)(C)c1ccc([C@H]2/C(=C(\O)c3ccc(Cl)cc3)C(=O)C(=O)N2Cc2ccco2)cc1. The van der Waals surface area contributed by atoms with E-state index in [0.29, 0.717) is 16.3 Å². The van der Waals surface area contributed by atoms with Gasteiger partial charge in [0.2, 0.25) is 0 Å². The third-order valence-electron chi connectivity index (χ3n) is 5.66. The van der Waals surface area contributed by atoms with Crippen LogP contribution in [0.1, 0.15) is 49.3 Å². The van der Waals surface area contributed by atoms with Crippen LogP contribution < -0.4 is 0 Å². The van der Waals surface area contributed by atoms with Crippen molar-refractivity contribution in [3.63, 3.8) is 0 Å². The molecule has 4 rings (SSSR count). The van der Waals surface area contributed by atoms with E-state index < -0.39 is 17.7 Å². The second kappa shape index (κ2) is 8.32. The fourth-order valence-electron chi connectivity index (χ4n) is 3.89. The van der Waals surface area contributed by atoms with Gasteiger partial charge in [0.15, 0.2) is 0 Å². The van der Waals surface area contributed by atoms with E-state index in [1.807, 2.05) is 24.3 Å². The van der Waals surface area contributed by atoms with Crippen molar-refractivity contribution in [3.8, 4) is 0 Å². The van der Waals surface area contributed by atoms with Gasteiger partial charge in [-0.25, -0.2) is 0 Å². The molecule has 5 nitrogen and oxygen atoms in total. The predicted octanol–water partition coefficient (Wildman–Crippen LogP) is 5.85. The number of hydrogen-bond donors (Lipinski definition) is 1. The van der Waals surface area contributed by atoms with Crippen molar-refractivity contribution in [2.45, 2.75) is 38.8 Å². The number of rotatable bonds is 4. The number of benzene rings is 2. The average molecular weight is 450 g/mol. The van der Waals surface area contributed by atoms with E-state index in [1.165, 1.54) is 11.2 Å². The lowest BCUT2D eigenvalue weighted by Gasteiger charge is -2.26. The Kier molecular flexibility index (Phi) is 5.70. The Hall–Kier alpha value is -3.31. The van der Waals surface area contributed by atoms with Gasteiger partial charge in [0.1, 0.15) is 11.5 Å². The summed E-state index contributed by atoms with van der Waals surface area (Å²) in [5.74, 6) is -1.09. The molecule has 1 aromatic heterocycles. The minimum Gasteiger partial charge on any atom is -0.507 e.